The molecule has 0 aliphatic heterocycles. The molecule has 11 rings (SSSR count). The molecule has 276 valence electrons. The topological polar surface area (TPSA) is 51.8 Å². The van der Waals surface area contributed by atoms with E-state index in [0.717, 1.165) is 44.2 Å². The van der Waals surface area contributed by atoms with Gasteiger partial charge in [-0.3, -0.25) is 0 Å². The first-order valence-corrected chi connectivity index (χ1v) is 19.4. The molecule has 0 N–H and O–H groups in total. The molecule has 9 aromatic carbocycles. The maximum atomic E-state index is 9.69. The van der Waals surface area contributed by atoms with Crippen LogP contribution in [-0.2, 0) is 0 Å². The van der Waals surface area contributed by atoms with Crippen LogP contribution in [0.15, 0.2) is 217 Å². The van der Waals surface area contributed by atoms with Crippen molar-refractivity contribution in [2.75, 3.05) is 0 Å². The molecule has 0 aliphatic carbocycles. The Bertz CT molecular complexity index is 3650. The third-order valence-corrected chi connectivity index (χ3v) is 10.7. The number of aromatic nitrogens is 3. The van der Waals surface area contributed by atoms with Gasteiger partial charge in [0, 0.05) is 27.5 Å². The van der Waals surface area contributed by atoms with E-state index in [0.29, 0.717) is 28.3 Å². The first kappa shape index (κ1) is 28.4. The quantitative estimate of drug-likeness (QED) is 0.162. The zero-order valence-corrected chi connectivity index (χ0v) is 31.5. The van der Waals surface area contributed by atoms with Crippen molar-refractivity contribution in [1.82, 2.24) is 15.0 Å². The van der Waals surface area contributed by atoms with E-state index in [1.807, 2.05) is 152 Å². The summed E-state index contributed by atoms with van der Waals surface area (Å²) >= 11 is 0. The van der Waals surface area contributed by atoms with E-state index in [1.165, 1.54) is 0 Å². The molecule has 0 saturated carbocycles. The average Bonchev–Trinajstić information content (AvgIpc) is 3.77. The van der Waals surface area contributed by atoms with Gasteiger partial charge in [0.05, 0.1) is 8.22 Å². The number of nitrogens with zero attached hydrogens (tertiary/aromatic N) is 3. The van der Waals surface area contributed by atoms with Crippen LogP contribution in [0.4, 0.5) is 0 Å². The summed E-state index contributed by atoms with van der Waals surface area (Å²) < 4.78 is 62.3. The summed E-state index contributed by atoms with van der Waals surface area (Å²) in [4.78, 5) is 14.8. The lowest BCUT2D eigenvalue weighted by Gasteiger charge is -2.11. The molecule has 0 unspecified atom stereocenters. The molecule has 11 aromatic rings. The molecule has 0 saturated heterocycles. The summed E-state index contributed by atoms with van der Waals surface area (Å²) in [6, 6.07) is 55.7. The van der Waals surface area contributed by atoms with Crippen molar-refractivity contribution in [2.45, 2.75) is 0 Å². The van der Waals surface area contributed by atoms with Gasteiger partial charge in [0.15, 0.2) is 17.5 Å². The minimum atomic E-state index is -0.352. The van der Waals surface area contributed by atoms with Crippen LogP contribution >= 0.6 is 0 Å². The van der Waals surface area contributed by atoms with Gasteiger partial charge in [-0.25, -0.2) is 15.0 Å². The Balaban J connectivity index is 1.12. The van der Waals surface area contributed by atoms with Gasteiger partial charge in [0.1, 0.15) is 11.2 Å². The van der Waals surface area contributed by atoms with Crippen molar-refractivity contribution in [3.63, 3.8) is 0 Å². The lowest BCUT2D eigenvalue weighted by Crippen LogP contribution is -2.00. The lowest BCUT2D eigenvalue weighted by atomic mass is 9.92. The molecule has 0 aliphatic rings. The fourth-order valence-corrected chi connectivity index (χ4v) is 7.80. The average molecular weight is 760 g/mol. The predicted molar refractivity (Wildman–Crippen MR) is 243 cm³/mol. The molecule has 0 radical (unpaired) electrons. The normalized spacial score (nSPS) is 12.8. The van der Waals surface area contributed by atoms with Crippen molar-refractivity contribution in [3.8, 4) is 78.7 Å². The fraction of sp³-hybridized carbons (Fsp3) is 0. The highest BCUT2D eigenvalue weighted by molar-refractivity contribution is 6.14. The zero-order valence-electron chi connectivity index (χ0n) is 37.5. The molecule has 59 heavy (non-hydrogen) atoms. The molecule has 0 bridgehead atoms. The number of fused-ring (bicyclic) bond motifs is 4. The second kappa shape index (κ2) is 14.5. The molecule has 2 aromatic heterocycles. The molecular formula is C55H35N3O. The third-order valence-electron chi connectivity index (χ3n) is 10.7. The first-order valence-electron chi connectivity index (χ1n) is 22.4. The van der Waals surface area contributed by atoms with E-state index < -0.39 is 0 Å². The number of hydrogen-bond acceptors (Lipinski definition) is 4. The molecule has 0 atom stereocenters. The van der Waals surface area contributed by atoms with Crippen LogP contribution in [0.25, 0.3) is 111 Å². The Morgan fingerprint density at radius 3 is 1.59 bits per heavy atom. The molecular weight excluding hydrogens is 719 g/mol. The molecule has 0 spiro atoms. The maximum Gasteiger partial charge on any atom is 0.164 e. The zero-order chi connectivity index (χ0) is 44.3. The van der Waals surface area contributed by atoms with E-state index >= 15 is 0 Å². The molecule has 0 amide bonds. The Kier molecular flexibility index (Phi) is 7.00. The third kappa shape index (κ3) is 6.34. The minimum Gasteiger partial charge on any atom is -0.456 e. The van der Waals surface area contributed by atoms with E-state index in [2.05, 4.69) is 24.3 Å². The smallest absolute Gasteiger partial charge is 0.164 e. The first-order chi connectivity index (χ1) is 31.7. The highest BCUT2D eigenvalue weighted by Crippen LogP contribution is 2.41. The summed E-state index contributed by atoms with van der Waals surface area (Å²) in [5, 5.41) is 2.61. The second-order valence-corrected chi connectivity index (χ2v) is 14.3. The van der Waals surface area contributed by atoms with Crippen LogP contribution in [0.2, 0.25) is 0 Å². The van der Waals surface area contributed by atoms with Crippen LogP contribution in [0, 0.1) is 0 Å². The van der Waals surface area contributed by atoms with E-state index in [1.54, 1.807) is 0 Å². The Hall–Kier alpha value is -7.95. The number of furan rings is 1. The maximum absolute atomic E-state index is 9.69. The van der Waals surface area contributed by atoms with Gasteiger partial charge < -0.3 is 4.42 Å². The Morgan fingerprint density at radius 2 is 0.864 bits per heavy atom. The van der Waals surface area contributed by atoms with Crippen LogP contribution < -0.4 is 0 Å². The van der Waals surface area contributed by atoms with Gasteiger partial charge in [-0.1, -0.05) is 194 Å². The molecule has 0 fully saturated rings. The van der Waals surface area contributed by atoms with Crippen LogP contribution in [0.1, 0.15) is 8.22 Å². The number of benzene rings is 9. The van der Waals surface area contributed by atoms with Crippen LogP contribution in [-0.4, -0.2) is 15.0 Å². The largest absolute Gasteiger partial charge is 0.456 e. The van der Waals surface area contributed by atoms with Crippen molar-refractivity contribution in [1.29, 1.82) is 0 Å². The number of hydrogen-bond donors (Lipinski definition) is 0. The highest BCUT2D eigenvalue weighted by Gasteiger charge is 2.18. The standard InChI is InChI=1S/C55H35N3O/c1-3-13-36(14-4-1)37-25-29-41(30-26-37)53-56-54(42-31-27-40(28-32-42)45-22-11-18-39-17-7-8-19-44(39)45)58-55(57-53)43-33-34-49-51(35-43)59-50-24-12-23-48(52(49)50)47-21-10-9-20-46(47)38-15-5-2-6-16-38/h1-35H/i12D,23D,24D,33D,34D,35D. The van der Waals surface area contributed by atoms with Crippen molar-refractivity contribution in [2.24, 2.45) is 0 Å². The Morgan fingerprint density at radius 1 is 0.339 bits per heavy atom. The van der Waals surface area contributed by atoms with Gasteiger partial charge in [-0.15, -0.1) is 0 Å². The lowest BCUT2D eigenvalue weighted by molar-refractivity contribution is 0.669. The Labute approximate surface area is 350 Å². The van der Waals surface area contributed by atoms with E-state index in [9.17, 15) is 5.48 Å². The monoisotopic (exact) mass is 759 g/mol. The second-order valence-electron chi connectivity index (χ2n) is 14.3. The summed E-state index contributed by atoms with van der Waals surface area (Å²) in [5.41, 5.74) is 7.91. The summed E-state index contributed by atoms with van der Waals surface area (Å²) in [6.45, 7) is 0. The van der Waals surface area contributed by atoms with Gasteiger partial charge >= 0.3 is 0 Å². The SMILES string of the molecule is [2H]c1c([2H])c(-c2ccccc2-c2ccccc2)c2c(oc3c([2H])c(-c4nc(-c5ccc(-c6ccccc6)cc5)nc(-c5ccc(-c6cccc7ccccc67)cc5)n4)c([2H])c([2H])c32)c1[2H]. The van der Waals surface area contributed by atoms with Crippen LogP contribution in [0.3, 0.4) is 0 Å². The fourth-order valence-electron chi connectivity index (χ4n) is 7.80. The van der Waals surface area contributed by atoms with Crippen molar-refractivity contribution >= 4 is 32.7 Å². The molecule has 2 heterocycles. The van der Waals surface area contributed by atoms with E-state index in [4.69, 9.17) is 22.1 Å². The van der Waals surface area contributed by atoms with Gasteiger partial charge in [-0.2, -0.15) is 0 Å². The van der Waals surface area contributed by atoms with Crippen LogP contribution in [0.5, 0.6) is 0 Å². The molecule has 4 nitrogen and oxygen atoms in total. The molecule has 4 heteroatoms. The summed E-state index contributed by atoms with van der Waals surface area (Å²) in [7, 11) is 0. The van der Waals surface area contributed by atoms with Gasteiger partial charge in [-0.05, 0) is 73.4 Å². The van der Waals surface area contributed by atoms with Gasteiger partial charge in [0.25, 0.3) is 0 Å². The van der Waals surface area contributed by atoms with Crippen molar-refractivity contribution < 1.29 is 12.6 Å². The van der Waals surface area contributed by atoms with Crippen molar-refractivity contribution in [3.05, 3.63) is 212 Å². The van der Waals surface area contributed by atoms with E-state index in [-0.39, 0.29) is 75.1 Å². The summed E-state index contributed by atoms with van der Waals surface area (Å²) in [6.07, 6.45) is 0. The summed E-state index contributed by atoms with van der Waals surface area (Å²) in [5.74, 6) is 0.621. The minimum absolute atomic E-state index is 0.00391. The predicted octanol–water partition coefficient (Wildman–Crippen LogP) is 14.6. The number of rotatable bonds is 7. The van der Waals surface area contributed by atoms with Gasteiger partial charge in [0.2, 0.25) is 0 Å². The highest BCUT2D eigenvalue weighted by atomic mass is 16.3.